The standard InChI is InChI=1S/C15H19N3O/c1-16-9-12-10-17-18(15(12)11-3-4-11)13-5-7-14(19-2)8-6-13/h5-8,10-11,16H,3-4,9H2,1-2H3. The lowest BCUT2D eigenvalue weighted by Crippen LogP contribution is -2.08. The minimum atomic E-state index is 0.674. The highest BCUT2D eigenvalue weighted by molar-refractivity contribution is 5.41. The molecule has 0 atom stereocenters. The lowest BCUT2D eigenvalue weighted by Gasteiger charge is -2.09. The first-order chi connectivity index (χ1) is 9.33. The zero-order valence-electron chi connectivity index (χ0n) is 11.4. The van der Waals surface area contributed by atoms with E-state index in [-0.39, 0.29) is 0 Å². The molecule has 1 aromatic heterocycles. The minimum Gasteiger partial charge on any atom is -0.497 e. The van der Waals surface area contributed by atoms with E-state index in [4.69, 9.17) is 4.74 Å². The first-order valence-electron chi connectivity index (χ1n) is 6.69. The van der Waals surface area contributed by atoms with Gasteiger partial charge in [-0.15, -0.1) is 0 Å². The van der Waals surface area contributed by atoms with Crippen LogP contribution < -0.4 is 10.1 Å². The Bertz CT molecular complexity index is 555. The van der Waals surface area contributed by atoms with Crippen molar-refractivity contribution in [2.75, 3.05) is 14.2 Å². The van der Waals surface area contributed by atoms with E-state index in [9.17, 15) is 0 Å². The Morgan fingerprint density at radius 1 is 1.32 bits per heavy atom. The zero-order valence-corrected chi connectivity index (χ0v) is 11.4. The van der Waals surface area contributed by atoms with Crippen molar-refractivity contribution in [3.05, 3.63) is 41.7 Å². The number of rotatable bonds is 5. The predicted octanol–water partition coefficient (Wildman–Crippen LogP) is 2.48. The van der Waals surface area contributed by atoms with Gasteiger partial charge in [0.15, 0.2) is 0 Å². The van der Waals surface area contributed by atoms with Crippen LogP contribution in [0.2, 0.25) is 0 Å². The number of aromatic nitrogens is 2. The smallest absolute Gasteiger partial charge is 0.119 e. The van der Waals surface area contributed by atoms with Gasteiger partial charge in [-0.05, 0) is 44.2 Å². The van der Waals surface area contributed by atoms with Crippen molar-refractivity contribution in [3.8, 4) is 11.4 Å². The maximum Gasteiger partial charge on any atom is 0.119 e. The molecule has 100 valence electrons. The topological polar surface area (TPSA) is 39.1 Å². The highest BCUT2D eigenvalue weighted by atomic mass is 16.5. The predicted molar refractivity (Wildman–Crippen MR) is 74.9 cm³/mol. The van der Waals surface area contributed by atoms with Crippen molar-refractivity contribution in [2.24, 2.45) is 0 Å². The van der Waals surface area contributed by atoms with Crippen LogP contribution in [-0.2, 0) is 6.54 Å². The molecule has 1 aliphatic rings. The molecule has 4 nitrogen and oxygen atoms in total. The SMILES string of the molecule is CNCc1cnn(-c2ccc(OC)cc2)c1C1CC1. The normalized spacial score (nSPS) is 14.6. The van der Waals surface area contributed by atoms with Crippen LogP contribution in [0.25, 0.3) is 5.69 Å². The van der Waals surface area contributed by atoms with E-state index in [2.05, 4.69) is 27.2 Å². The number of ether oxygens (including phenoxy) is 1. The second kappa shape index (κ2) is 5.05. The third-order valence-corrected chi connectivity index (χ3v) is 3.53. The molecular formula is C15H19N3O. The lowest BCUT2D eigenvalue weighted by atomic mass is 10.1. The van der Waals surface area contributed by atoms with Gasteiger partial charge in [-0.1, -0.05) is 0 Å². The molecule has 0 amide bonds. The van der Waals surface area contributed by atoms with Crippen LogP contribution in [0.4, 0.5) is 0 Å². The van der Waals surface area contributed by atoms with Gasteiger partial charge in [-0.3, -0.25) is 0 Å². The van der Waals surface area contributed by atoms with E-state index in [0.29, 0.717) is 5.92 Å². The number of nitrogens with one attached hydrogen (secondary N) is 1. The van der Waals surface area contributed by atoms with E-state index < -0.39 is 0 Å². The first kappa shape index (κ1) is 12.2. The Morgan fingerprint density at radius 2 is 2.05 bits per heavy atom. The van der Waals surface area contributed by atoms with Crippen LogP contribution in [0.5, 0.6) is 5.75 Å². The molecule has 0 aliphatic heterocycles. The summed E-state index contributed by atoms with van der Waals surface area (Å²) in [6, 6.07) is 8.07. The van der Waals surface area contributed by atoms with Gasteiger partial charge in [0.2, 0.25) is 0 Å². The quantitative estimate of drug-likeness (QED) is 0.894. The molecule has 1 aliphatic carbocycles. The molecule has 0 radical (unpaired) electrons. The molecule has 19 heavy (non-hydrogen) atoms. The van der Waals surface area contributed by atoms with Crippen molar-refractivity contribution < 1.29 is 4.74 Å². The molecule has 0 spiro atoms. The molecule has 1 saturated carbocycles. The zero-order chi connectivity index (χ0) is 13.2. The van der Waals surface area contributed by atoms with E-state index >= 15 is 0 Å². The van der Waals surface area contributed by atoms with E-state index in [1.165, 1.54) is 24.1 Å². The number of hydrogen-bond acceptors (Lipinski definition) is 3. The van der Waals surface area contributed by atoms with Crippen LogP contribution in [0.15, 0.2) is 30.5 Å². The maximum absolute atomic E-state index is 5.20. The Labute approximate surface area is 113 Å². The van der Waals surface area contributed by atoms with Gasteiger partial charge in [0.25, 0.3) is 0 Å². The summed E-state index contributed by atoms with van der Waals surface area (Å²) in [5.41, 5.74) is 3.77. The van der Waals surface area contributed by atoms with Gasteiger partial charge >= 0.3 is 0 Å². The van der Waals surface area contributed by atoms with Gasteiger partial charge < -0.3 is 10.1 Å². The van der Waals surface area contributed by atoms with Crippen LogP contribution in [0.3, 0.4) is 0 Å². The first-order valence-corrected chi connectivity index (χ1v) is 6.69. The van der Waals surface area contributed by atoms with E-state index in [1.807, 2.05) is 25.4 Å². The summed E-state index contributed by atoms with van der Waals surface area (Å²) in [5, 5.41) is 7.77. The molecule has 3 rings (SSSR count). The molecule has 0 unspecified atom stereocenters. The summed E-state index contributed by atoms with van der Waals surface area (Å²) in [6.07, 6.45) is 4.53. The monoisotopic (exact) mass is 257 g/mol. The summed E-state index contributed by atoms with van der Waals surface area (Å²) >= 11 is 0. The van der Waals surface area contributed by atoms with Gasteiger partial charge in [-0.2, -0.15) is 5.10 Å². The molecule has 0 bridgehead atoms. The summed E-state index contributed by atoms with van der Waals surface area (Å²) < 4.78 is 7.27. The number of benzene rings is 1. The van der Waals surface area contributed by atoms with E-state index in [1.54, 1.807) is 7.11 Å². The van der Waals surface area contributed by atoms with Crippen molar-refractivity contribution in [1.29, 1.82) is 0 Å². The number of hydrogen-bond donors (Lipinski definition) is 1. The molecular weight excluding hydrogens is 238 g/mol. The van der Waals surface area contributed by atoms with Crippen LogP contribution in [0, 0.1) is 0 Å². The van der Waals surface area contributed by atoms with Gasteiger partial charge in [0, 0.05) is 18.0 Å². The van der Waals surface area contributed by atoms with Crippen molar-refractivity contribution in [2.45, 2.75) is 25.3 Å². The van der Waals surface area contributed by atoms with Gasteiger partial charge in [0.1, 0.15) is 5.75 Å². The largest absolute Gasteiger partial charge is 0.497 e. The Hall–Kier alpha value is -1.81. The van der Waals surface area contributed by atoms with Crippen LogP contribution in [0.1, 0.15) is 30.0 Å². The summed E-state index contributed by atoms with van der Waals surface area (Å²) in [4.78, 5) is 0. The Morgan fingerprint density at radius 3 is 2.63 bits per heavy atom. The van der Waals surface area contributed by atoms with Gasteiger partial charge in [-0.25, -0.2) is 4.68 Å². The molecule has 1 fully saturated rings. The molecule has 1 heterocycles. The molecule has 0 saturated heterocycles. The average molecular weight is 257 g/mol. The lowest BCUT2D eigenvalue weighted by molar-refractivity contribution is 0.414. The van der Waals surface area contributed by atoms with Crippen LogP contribution in [-0.4, -0.2) is 23.9 Å². The summed E-state index contributed by atoms with van der Waals surface area (Å²) in [5.74, 6) is 1.55. The highest BCUT2D eigenvalue weighted by Gasteiger charge is 2.30. The highest BCUT2D eigenvalue weighted by Crippen LogP contribution is 2.42. The van der Waals surface area contributed by atoms with Gasteiger partial charge in [0.05, 0.1) is 24.7 Å². The average Bonchev–Trinajstić information content (AvgIpc) is 3.21. The second-order valence-corrected chi connectivity index (χ2v) is 4.97. The molecule has 1 aromatic carbocycles. The second-order valence-electron chi connectivity index (χ2n) is 4.97. The van der Waals surface area contributed by atoms with E-state index in [0.717, 1.165) is 18.0 Å². The Kier molecular flexibility index (Phi) is 3.25. The van der Waals surface area contributed by atoms with Crippen LogP contribution >= 0.6 is 0 Å². The van der Waals surface area contributed by atoms with Crippen molar-refractivity contribution in [1.82, 2.24) is 15.1 Å². The molecule has 2 aromatic rings. The maximum atomic E-state index is 5.20. The van der Waals surface area contributed by atoms with Crippen molar-refractivity contribution in [3.63, 3.8) is 0 Å². The number of methoxy groups -OCH3 is 1. The third kappa shape index (κ3) is 2.36. The Balaban J connectivity index is 1.98. The third-order valence-electron chi connectivity index (χ3n) is 3.53. The minimum absolute atomic E-state index is 0.674. The summed E-state index contributed by atoms with van der Waals surface area (Å²) in [7, 11) is 3.66. The molecule has 1 N–H and O–H groups in total. The summed E-state index contributed by atoms with van der Waals surface area (Å²) in [6.45, 7) is 0.877. The fourth-order valence-electron chi connectivity index (χ4n) is 2.44. The number of nitrogens with zero attached hydrogens (tertiary/aromatic N) is 2. The fraction of sp³-hybridized carbons (Fsp3) is 0.400. The van der Waals surface area contributed by atoms with Crippen molar-refractivity contribution >= 4 is 0 Å². The molecule has 4 heteroatoms. The fourth-order valence-corrected chi connectivity index (χ4v) is 2.44.